The maximum Gasteiger partial charge on any atom is 0.339 e. The number of hydrogen-bond acceptors (Lipinski definition) is 3. The summed E-state index contributed by atoms with van der Waals surface area (Å²) in [6, 6.07) is 17.2. The molecule has 0 fully saturated rings. The van der Waals surface area contributed by atoms with Crippen LogP contribution in [0.5, 0.6) is 0 Å². The van der Waals surface area contributed by atoms with E-state index in [2.05, 4.69) is 11.9 Å². The van der Waals surface area contributed by atoms with Crippen LogP contribution in [0.3, 0.4) is 0 Å². The molecule has 1 atom stereocenters. The van der Waals surface area contributed by atoms with Crippen LogP contribution in [0, 0.1) is 0 Å². The Morgan fingerprint density at radius 3 is 2.50 bits per heavy atom. The van der Waals surface area contributed by atoms with E-state index in [9.17, 15) is 9.59 Å². The molecule has 1 N–H and O–H groups in total. The van der Waals surface area contributed by atoms with E-state index in [1.807, 2.05) is 42.5 Å². The number of amides is 1. The molecule has 0 bridgehead atoms. The largest absolute Gasteiger partial charge is 0.449 e. The van der Waals surface area contributed by atoms with Crippen LogP contribution in [0.25, 0.3) is 0 Å². The Morgan fingerprint density at radius 2 is 1.79 bits per heavy atom. The number of ether oxygens (including phenoxy) is 1. The molecule has 0 radical (unpaired) electrons. The zero-order valence-electron chi connectivity index (χ0n) is 13.7. The van der Waals surface area contributed by atoms with E-state index < -0.39 is 12.1 Å². The van der Waals surface area contributed by atoms with Gasteiger partial charge in [-0.05, 0) is 30.5 Å². The third-order valence-electron chi connectivity index (χ3n) is 3.55. The number of carbonyl (C=O) groups excluding carboxylic acids is 2. The second kappa shape index (κ2) is 8.67. The zero-order valence-corrected chi connectivity index (χ0v) is 13.7. The second-order valence-corrected chi connectivity index (χ2v) is 5.40. The first-order valence-corrected chi connectivity index (χ1v) is 7.83. The smallest absolute Gasteiger partial charge is 0.339 e. The van der Waals surface area contributed by atoms with Crippen molar-refractivity contribution < 1.29 is 14.3 Å². The topological polar surface area (TPSA) is 55.4 Å². The average molecular weight is 323 g/mol. The first-order chi connectivity index (χ1) is 11.6. The van der Waals surface area contributed by atoms with Crippen LogP contribution in [0.4, 0.5) is 0 Å². The van der Waals surface area contributed by atoms with E-state index in [0.29, 0.717) is 18.5 Å². The molecule has 0 aliphatic carbocycles. The normalized spacial score (nSPS) is 11.4. The molecule has 4 heteroatoms. The molecule has 0 aliphatic heterocycles. The summed E-state index contributed by atoms with van der Waals surface area (Å²) in [7, 11) is 0. The van der Waals surface area contributed by atoms with Crippen LogP contribution in [0.2, 0.25) is 0 Å². The summed E-state index contributed by atoms with van der Waals surface area (Å²) in [5.74, 6) is -0.841. The lowest BCUT2D eigenvalue weighted by molar-refractivity contribution is -0.128. The lowest BCUT2D eigenvalue weighted by Crippen LogP contribution is -2.36. The van der Waals surface area contributed by atoms with E-state index in [-0.39, 0.29) is 5.91 Å². The molecule has 0 aromatic heterocycles. The second-order valence-electron chi connectivity index (χ2n) is 5.40. The van der Waals surface area contributed by atoms with E-state index in [0.717, 1.165) is 11.1 Å². The average Bonchev–Trinajstić information content (AvgIpc) is 2.60. The minimum Gasteiger partial charge on any atom is -0.449 e. The van der Waals surface area contributed by atoms with Gasteiger partial charge in [-0.15, -0.1) is 6.58 Å². The highest BCUT2D eigenvalue weighted by Gasteiger charge is 2.20. The van der Waals surface area contributed by atoms with Crippen LogP contribution in [0.1, 0.15) is 28.4 Å². The molecular weight excluding hydrogens is 302 g/mol. The van der Waals surface area contributed by atoms with Crippen LogP contribution in [0.15, 0.2) is 67.3 Å². The van der Waals surface area contributed by atoms with Crippen LogP contribution in [-0.4, -0.2) is 24.5 Å². The third-order valence-corrected chi connectivity index (χ3v) is 3.55. The van der Waals surface area contributed by atoms with Crippen molar-refractivity contribution in [1.82, 2.24) is 5.32 Å². The van der Waals surface area contributed by atoms with Gasteiger partial charge in [-0.2, -0.15) is 0 Å². The molecule has 2 aromatic carbocycles. The number of rotatable bonds is 7. The molecule has 0 aliphatic rings. The molecule has 0 spiro atoms. The van der Waals surface area contributed by atoms with Crippen molar-refractivity contribution in [3.63, 3.8) is 0 Å². The Balaban J connectivity index is 2.09. The molecule has 0 heterocycles. The third kappa shape index (κ3) is 4.81. The van der Waals surface area contributed by atoms with Gasteiger partial charge in [-0.25, -0.2) is 4.79 Å². The monoisotopic (exact) mass is 323 g/mol. The Morgan fingerprint density at radius 1 is 1.12 bits per heavy atom. The number of carbonyl (C=O) groups is 2. The number of nitrogens with one attached hydrogen (secondary N) is 1. The number of esters is 1. The van der Waals surface area contributed by atoms with Gasteiger partial charge in [0.25, 0.3) is 5.91 Å². The van der Waals surface area contributed by atoms with E-state index >= 15 is 0 Å². The van der Waals surface area contributed by atoms with Gasteiger partial charge in [0, 0.05) is 6.54 Å². The highest BCUT2D eigenvalue weighted by atomic mass is 16.5. The van der Waals surface area contributed by atoms with Gasteiger partial charge < -0.3 is 10.1 Å². The van der Waals surface area contributed by atoms with Gasteiger partial charge in [0.05, 0.1) is 5.56 Å². The fraction of sp³-hybridized carbons (Fsp3) is 0.200. The van der Waals surface area contributed by atoms with Crippen molar-refractivity contribution >= 4 is 11.9 Å². The molecule has 2 aromatic rings. The molecular formula is C20H21NO3. The number of hydrogen-bond donors (Lipinski definition) is 1. The fourth-order valence-corrected chi connectivity index (χ4v) is 2.28. The molecule has 0 unspecified atom stereocenters. The first kappa shape index (κ1) is 17.5. The van der Waals surface area contributed by atoms with Crippen molar-refractivity contribution in [3.05, 3.63) is 83.9 Å². The maximum atomic E-state index is 12.4. The predicted octanol–water partition coefficient (Wildman–Crippen LogP) is 3.12. The van der Waals surface area contributed by atoms with Gasteiger partial charge in [-0.1, -0.05) is 54.6 Å². The minimum absolute atomic E-state index is 0.339. The Labute approximate surface area is 142 Å². The summed E-state index contributed by atoms with van der Waals surface area (Å²) in [6.07, 6.45) is 1.34. The maximum absolute atomic E-state index is 12.4. The Bertz CT molecular complexity index is 710. The standard InChI is InChI=1S/C20H21NO3/c1-3-13-21-19(22)15(2)24-20(23)18-12-8-7-11-17(18)14-16-9-5-4-6-10-16/h3-12,15H,1,13-14H2,2H3,(H,21,22)/t15-/m0/s1. The van der Waals surface area contributed by atoms with E-state index in [4.69, 9.17) is 4.74 Å². The Kier molecular flexibility index (Phi) is 6.32. The predicted molar refractivity (Wildman–Crippen MR) is 93.8 cm³/mol. The summed E-state index contributed by atoms with van der Waals surface area (Å²) in [6.45, 7) is 5.42. The summed E-state index contributed by atoms with van der Waals surface area (Å²) in [5.41, 5.74) is 2.45. The van der Waals surface area contributed by atoms with Crippen molar-refractivity contribution in [2.75, 3.05) is 6.54 Å². The van der Waals surface area contributed by atoms with E-state index in [1.165, 1.54) is 0 Å². The molecule has 2 rings (SSSR count). The molecule has 0 saturated heterocycles. The van der Waals surface area contributed by atoms with Crippen LogP contribution >= 0.6 is 0 Å². The van der Waals surface area contributed by atoms with Gasteiger partial charge in [0.15, 0.2) is 6.10 Å². The van der Waals surface area contributed by atoms with Crippen LogP contribution in [-0.2, 0) is 16.0 Å². The fourth-order valence-electron chi connectivity index (χ4n) is 2.28. The zero-order chi connectivity index (χ0) is 17.4. The molecule has 124 valence electrons. The SMILES string of the molecule is C=CCNC(=O)[C@H](C)OC(=O)c1ccccc1Cc1ccccc1. The molecule has 24 heavy (non-hydrogen) atoms. The van der Waals surface area contributed by atoms with Gasteiger partial charge in [0.2, 0.25) is 0 Å². The van der Waals surface area contributed by atoms with Crippen molar-refractivity contribution in [2.24, 2.45) is 0 Å². The van der Waals surface area contributed by atoms with Crippen molar-refractivity contribution in [3.8, 4) is 0 Å². The lowest BCUT2D eigenvalue weighted by atomic mass is 10.00. The number of benzene rings is 2. The summed E-state index contributed by atoms with van der Waals surface area (Å²) in [4.78, 5) is 24.2. The highest BCUT2D eigenvalue weighted by molar-refractivity contribution is 5.93. The van der Waals surface area contributed by atoms with Gasteiger partial charge in [-0.3, -0.25) is 4.79 Å². The summed E-state index contributed by atoms with van der Waals surface area (Å²) < 4.78 is 5.29. The first-order valence-electron chi connectivity index (χ1n) is 7.83. The summed E-state index contributed by atoms with van der Waals surface area (Å²) >= 11 is 0. The van der Waals surface area contributed by atoms with Gasteiger partial charge in [0.1, 0.15) is 0 Å². The molecule has 4 nitrogen and oxygen atoms in total. The quantitative estimate of drug-likeness (QED) is 0.629. The van der Waals surface area contributed by atoms with Crippen molar-refractivity contribution in [1.29, 1.82) is 0 Å². The molecule has 1 amide bonds. The Hall–Kier alpha value is -2.88. The summed E-state index contributed by atoms with van der Waals surface area (Å²) in [5, 5.41) is 2.61. The minimum atomic E-state index is -0.859. The van der Waals surface area contributed by atoms with E-state index in [1.54, 1.807) is 25.1 Å². The van der Waals surface area contributed by atoms with Crippen LogP contribution < -0.4 is 5.32 Å². The lowest BCUT2D eigenvalue weighted by Gasteiger charge is -2.14. The van der Waals surface area contributed by atoms with Gasteiger partial charge >= 0.3 is 5.97 Å². The van der Waals surface area contributed by atoms with Crippen molar-refractivity contribution in [2.45, 2.75) is 19.4 Å². The highest BCUT2D eigenvalue weighted by Crippen LogP contribution is 2.16. The molecule has 0 saturated carbocycles.